The first-order chi connectivity index (χ1) is 12.2. The summed E-state index contributed by atoms with van der Waals surface area (Å²) in [6.07, 6.45) is 0. The van der Waals surface area contributed by atoms with Crippen LogP contribution in [0.4, 0.5) is 0 Å². The molecule has 26 heavy (non-hydrogen) atoms. The molecule has 0 radical (unpaired) electrons. The molecule has 0 aromatic heterocycles. The molecule has 0 aliphatic rings. The van der Waals surface area contributed by atoms with Crippen molar-refractivity contribution in [3.8, 4) is 0 Å². The number of carbonyl (C=O) groups is 1. The molecule has 6 nitrogen and oxygen atoms in total. The summed E-state index contributed by atoms with van der Waals surface area (Å²) in [7, 11) is -1.72. The van der Waals surface area contributed by atoms with Gasteiger partial charge in [-0.25, -0.2) is 13.6 Å². The number of aryl methyl sites for hydroxylation is 1. The van der Waals surface area contributed by atoms with Gasteiger partial charge < -0.3 is 10.2 Å². The van der Waals surface area contributed by atoms with Crippen LogP contribution in [0, 0.1) is 6.92 Å². The highest BCUT2D eigenvalue weighted by Gasteiger charge is 2.15. The molecule has 0 fully saturated rings. The summed E-state index contributed by atoms with van der Waals surface area (Å²) in [5.74, 6) is -0.0564. The van der Waals surface area contributed by atoms with E-state index in [2.05, 4.69) is 24.4 Å². The van der Waals surface area contributed by atoms with Gasteiger partial charge in [0.1, 0.15) is 6.54 Å². The molecule has 4 N–H and O–H groups in total. The Morgan fingerprint density at radius 1 is 1.15 bits per heavy atom. The number of hydrogen-bond donors (Lipinski definition) is 3. The molecule has 0 saturated heterocycles. The minimum atomic E-state index is -3.71. The van der Waals surface area contributed by atoms with E-state index in [1.54, 1.807) is 12.1 Å². The SMILES string of the molecule is Cc1ccccc1C[NH+](C)CC(=O)N[C@H](C)c1ccc(S(N)(=O)=O)cc1. The number of rotatable bonds is 7. The smallest absolute Gasteiger partial charge is 0.275 e. The van der Waals surface area contributed by atoms with Crippen LogP contribution in [0.3, 0.4) is 0 Å². The zero-order chi connectivity index (χ0) is 19.3. The third-order valence-electron chi connectivity index (χ3n) is 4.30. The van der Waals surface area contributed by atoms with Crippen LogP contribution < -0.4 is 15.4 Å². The summed E-state index contributed by atoms with van der Waals surface area (Å²) in [5.41, 5.74) is 3.27. The first-order valence-electron chi connectivity index (χ1n) is 8.44. The topological polar surface area (TPSA) is 93.7 Å². The van der Waals surface area contributed by atoms with Crippen molar-refractivity contribution in [1.29, 1.82) is 0 Å². The van der Waals surface area contributed by atoms with Crippen molar-refractivity contribution in [3.63, 3.8) is 0 Å². The number of likely N-dealkylation sites (N-methyl/N-ethyl adjacent to an activating group) is 1. The van der Waals surface area contributed by atoms with Crippen molar-refractivity contribution >= 4 is 15.9 Å². The minimum absolute atomic E-state index is 0.0564. The lowest BCUT2D eigenvalue weighted by Crippen LogP contribution is -3.09. The highest BCUT2D eigenvalue weighted by atomic mass is 32.2. The monoisotopic (exact) mass is 376 g/mol. The van der Waals surface area contributed by atoms with Crippen LogP contribution in [0.2, 0.25) is 0 Å². The van der Waals surface area contributed by atoms with E-state index in [4.69, 9.17) is 5.14 Å². The molecule has 2 aromatic carbocycles. The van der Waals surface area contributed by atoms with Gasteiger partial charge in [0.15, 0.2) is 6.54 Å². The average molecular weight is 377 g/mol. The van der Waals surface area contributed by atoms with Gasteiger partial charge in [-0.2, -0.15) is 0 Å². The van der Waals surface area contributed by atoms with Crippen molar-refractivity contribution in [3.05, 3.63) is 65.2 Å². The predicted octanol–water partition coefficient (Wildman–Crippen LogP) is 0.535. The standard InChI is InChI=1S/C19H25N3O3S/c1-14-6-4-5-7-17(14)12-22(3)13-19(23)21-15(2)16-8-10-18(11-9-16)26(20,24)25/h4-11,15H,12-13H2,1-3H3,(H,21,23)(H2,20,24,25)/p+1/t15-/m1/s1. The molecule has 0 heterocycles. The van der Waals surface area contributed by atoms with Gasteiger partial charge in [-0.15, -0.1) is 0 Å². The quantitative estimate of drug-likeness (QED) is 0.658. The number of primary sulfonamides is 1. The maximum Gasteiger partial charge on any atom is 0.275 e. The number of hydrogen-bond acceptors (Lipinski definition) is 3. The van der Waals surface area contributed by atoms with E-state index in [1.165, 1.54) is 23.3 Å². The van der Waals surface area contributed by atoms with E-state index in [-0.39, 0.29) is 16.8 Å². The number of carbonyl (C=O) groups excluding carboxylic acids is 1. The summed E-state index contributed by atoms with van der Waals surface area (Å²) >= 11 is 0. The molecule has 0 spiro atoms. The van der Waals surface area contributed by atoms with Gasteiger partial charge in [0.2, 0.25) is 10.0 Å². The van der Waals surface area contributed by atoms with Crippen molar-refractivity contribution < 1.29 is 18.1 Å². The zero-order valence-electron chi connectivity index (χ0n) is 15.3. The number of amides is 1. The molecule has 7 heteroatoms. The van der Waals surface area contributed by atoms with Crippen LogP contribution in [0.5, 0.6) is 0 Å². The molecule has 2 atom stereocenters. The van der Waals surface area contributed by atoms with Crippen LogP contribution in [-0.4, -0.2) is 27.9 Å². The molecular formula is C19H26N3O3S+. The first-order valence-corrected chi connectivity index (χ1v) is 9.99. The summed E-state index contributed by atoms with van der Waals surface area (Å²) in [6.45, 7) is 5.06. The fraction of sp³-hybridized carbons (Fsp3) is 0.316. The van der Waals surface area contributed by atoms with Gasteiger partial charge in [-0.3, -0.25) is 4.79 Å². The highest BCUT2D eigenvalue weighted by Crippen LogP contribution is 2.15. The van der Waals surface area contributed by atoms with Crippen LogP contribution in [-0.2, 0) is 21.4 Å². The molecular weight excluding hydrogens is 350 g/mol. The van der Waals surface area contributed by atoms with Crippen LogP contribution in [0.1, 0.15) is 29.7 Å². The molecule has 0 bridgehead atoms. The highest BCUT2D eigenvalue weighted by molar-refractivity contribution is 7.89. The number of nitrogens with one attached hydrogen (secondary N) is 2. The van der Waals surface area contributed by atoms with Crippen LogP contribution >= 0.6 is 0 Å². The summed E-state index contributed by atoms with van der Waals surface area (Å²) in [5, 5.41) is 8.04. The third kappa shape index (κ3) is 5.66. The van der Waals surface area contributed by atoms with Crippen molar-refractivity contribution in [1.82, 2.24) is 5.32 Å². The Bertz CT molecular complexity index is 864. The Morgan fingerprint density at radius 3 is 2.35 bits per heavy atom. The van der Waals surface area contributed by atoms with Crippen molar-refractivity contribution in [2.24, 2.45) is 5.14 Å². The maximum atomic E-state index is 12.3. The third-order valence-corrected chi connectivity index (χ3v) is 5.23. The molecule has 2 aromatic rings. The summed E-state index contributed by atoms with van der Waals surface area (Å²) in [4.78, 5) is 13.4. The zero-order valence-corrected chi connectivity index (χ0v) is 16.1. The number of sulfonamides is 1. The van der Waals surface area contributed by atoms with Crippen LogP contribution in [0.25, 0.3) is 0 Å². The van der Waals surface area contributed by atoms with Gasteiger partial charge in [-0.1, -0.05) is 36.4 Å². The molecule has 1 amide bonds. The van der Waals surface area contributed by atoms with Crippen LogP contribution in [0.15, 0.2) is 53.4 Å². The largest absolute Gasteiger partial charge is 0.345 e. The second-order valence-electron chi connectivity index (χ2n) is 6.64. The van der Waals surface area contributed by atoms with E-state index in [0.717, 1.165) is 17.0 Å². The summed E-state index contributed by atoms with van der Waals surface area (Å²) in [6, 6.07) is 14.1. The molecule has 2 rings (SSSR count). The molecule has 0 saturated carbocycles. The van der Waals surface area contributed by atoms with E-state index in [9.17, 15) is 13.2 Å². The Labute approximate surface area is 155 Å². The lowest BCUT2D eigenvalue weighted by Gasteiger charge is -2.18. The van der Waals surface area contributed by atoms with E-state index in [0.29, 0.717) is 6.54 Å². The average Bonchev–Trinajstić information content (AvgIpc) is 2.56. The molecule has 0 aliphatic carbocycles. The fourth-order valence-corrected chi connectivity index (χ4v) is 3.31. The second-order valence-corrected chi connectivity index (χ2v) is 8.20. The van der Waals surface area contributed by atoms with Gasteiger partial charge >= 0.3 is 0 Å². The maximum absolute atomic E-state index is 12.3. The minimum Gasteiger partial charge on any atom is -0.345 e. The molecule has 1 unspecified atom stereocenters. The fourth-order valence-electron chi connectivity index (χ4n) is 2.79. The van der Waals surface area contributed by atoms with E-state index >= 15 is 0 Å². The van der Waals surface area contributed by atoms with Crippen molar-refractivity contribution in [2.75, 3.05) is 13.6 Å². The number of benzene rings is 2. The lowest BCUT2D eigenvalue weighted by atomic mass is 10.1. The summed E-state index contributed by atoms with van der Waals surface area (Å²) < 4.78 is 22.6. The van der Waals surface area contributed by atoms with Gasteiger partial charge in [0.05, 0.1) is 18.0 Å². The Morgan fingerprint density at radius 2 is 1.77 bits per heavy atom. The Balaban J connectivity index is 1.91. The Kier molecular flexibility index (Phi) is 6.52. The van der Waals surface area contributed by atoms with E-state index in [1.807, 2.05) is 26.1 Å². The Hall–Kier alpha value is -2.22. The normalized spacial score (nSPS) is 13.8. The first kappa shape index (κ1) is 20.1. The second kappa shape index (κ2) is 8.44. The predicted molar refractivity (Wildman–Crippen MR) is 101 cm³/mol. The number of quaternary nitrogens is 1. The molecule has 0 aliphatic heterocycles. The lowest BCUT2D eigenvalue weighted by molar-refractivity contribution is -0.885. The van der Waals surface area contributed by atoms with E-state index < -0.39 is 10.0 Å². The van der Waals surface area contributed by atoms with Gasteiger partial charge in [-0.05, 0) is 37.1 Å². The van der Waals surface area contributed by atoms with Gasteiger partial charge in [0.25, 0.3) is 5.91 Å². The van der Waals surface area contributed by atoms with Crippen molar-refractivity contribution in [2.45, 2.75) is 31.3 Å². The number of nitrogens with two attached hydrogens (primary N) is 1. The van der Waals surface area contributed by atoms with Gasteiger partial charge in [0, 0.05) is 5.56 Å². The molecule has 140 valence electrons.